The van der Waals surface area contributed by atoms with Crippen molar-refractivity contribution in [2.24, 2.45) is 0 Å². The summed E-state index contributed by atoms with van der Waals surface area (Å²) in [5, 5.41) is 3.44. The van der Waals surface area contributed by atoms with Crippen LogP contribution in [0.3, 0.4) is 0 Å². The Kier molecular flexibility index (Phi) is 7.75. The van der Waals surface area contributed by atoms with E-state index in [2.05, 4.69) is 19.2 Å². The van der Waals surface area contributed by atoms with Crippen molar-refractivity contribution in [3.05, 3.63) is 35.4 Å². The summed E-state index contributed by atoms with van der Waals surface area (Å²) in [4.78, 5) is 0. The van der Waals surface area contributed by atoms with E-state index in [0.717, 1.165) is 12.0 Å². The van der Waals surface area contributed by atoms with Crippen molar-refractivity contribution in [1.82, 2.24) is 5.32 Å². The summed E-state index contributed by atoms with van der Waals surface area (Å²) in [7, 11) is 0. The van der Waals surface area contributed by atoms with Gasteiger partial charge in [0.25, 0.3) is 0 Å². The van der Waals surface area contributed by atoms with Gasteiger partial charge in [-0.15, -0.1) is 0 Å². The molecule has 0 aromatic heterocycles. The average molecular weight is 283 g/mol. The van der Waals surface area contributed by atoms with E-state index in [1.165, 1.54) is 44.2 Å². The lowest BCUT2D eigenvalue weighted by molar-refractivity contribution is 0.433. The molecule has 0 saturated carbocycles. The Hall–Kier alpha value is -0.960. The van der Waals surface area contributed by atoms with E-state index in [-0.39, 0.29) is 6.04 Å². The molecular weight excluding hydrogens is 256 g/mol. The molecule has 0 spiro atoms. The number of benzene rings is 1. The van der Waals surface area contributed by atoms with E-state index in [0.29, 0.717) is 6.04 Å². The van der Waals surface area contributed by atoms with Gasteiger partial charge in [0.05, 0.1) is 0 Å². The molecule has 3 heteroatoms. The van der Waals surface area contributed by atoms with Crippen molar-refractivity contribution in [2.45, 2.75) is 71.4 Å². The number of hydrogen-bond acceptors (Lipinski definition) is 1. The molecule has 114 valence electrons. The maximum Gasteiger partial charge on any atom is 0.159 e. The smallest absolute Gasteiger partial charge is 0.159 e. The van der Waals surface area contributed by atoms with Crippen LogP contribution < -0.4 is 5.32 Å². The van der Waals surface area contributed by atoms with Gasteiger partial charge in [0.1, 0.15) is 0 Å². The third-order valence-corrected chi connectivity index (χ3v) is 3.72. The molecule has 20 heavy (non-hydrogen) atoms. The number of rotatable bonds is 9. The topological polar surface area (TPSA) is 12.0 Å². The first-order chi connectivity index (χ1) is 9.54. The molecule has 1 N–H and O–H groups in total. The van der Waals surface area contributed by atoms with E-state index in [4.69, 9.17) is 0 Å². The predicted molar refractivity (Wildman–Crippen MR) is 80.7 cm³/mol. The molecule has 1 aromatic carbocycles. The number of unbranched alkanes of at least 4 members (excludes halogenated alkanes) is 4. The Bertz CT molecular complexity index is 393. The molecule has 0 bridgehead atoms. The monoisotopic (exact) mass is 283 g/mol. The van der Waals surface area contributed by atoms with Gasteiger partial charge in [0.15, 0.2) is 11.6 Å². The van der Waals surface area contributed by atoms with Crippen LogP contribution in [-0.4, -0.2) is 6.04 Å². The summed E-state index contributed by atoms with van der Waals surface area (Å²) >= 11 is 0. The third kappa shape index (κ3) is 6.00. The molecule has 0 heterocycles. The lowest BCUT2D eigenvalue weighted by Crippen LogP contribution is -2.28. The van der Waals surface area contributed by atoms with Crippen LogP contribution in [0, 0.1) is 11.6 Å². The maximum atomic E-state index is 13.2. The molecule has 0 amide bonds. The molecule has 2 atom stereocenters. The lowest BCUT2D eigenvalue weighted by Gasteiger charge is -2.20. The van der Waals surface area contributed by atoms with Crippen LogP contribution in [0.2, 0.25) is 0 Å². The van der Waals surface area contributed by atoms with Gasteiger partial charge in [-0.25, -0.2) is 8.78 Å². The highest BCUT2D eigenvalue weighted by Gasteiger charge is 2.11. The third-order valence-electron chi connectivity index (χ3n) is 3.72. The van der Waals surface area contributed by atoms with Crippen LogP contribution in [0.5, 0.6) is 0 Å². The number of nitrogens with one attached hydrogen (secondary N) is 1. The van der Waals surface area contributed by atoms with Crippen molar-refractivity contribution in [1.29, 1.82) is 0 Å². The fourth-order valence-electron chi connectivity index (χ4n) is 2.44. The minimum Gasteiger partial charge on any atom is -0.308 e. The van der Waals surface area contributed by atoms with Crippen LogP contribution in [0.25, 0.3) is 0 Å². The van der Waals surface area contributed by atoms with Gasteiger partial charge < -0.3 is 5.32 Å². The largest absolute Gasteiger partial charge is 0.308 e. The lowest BCUT2D eigenvalue weighted by atomic mass is 10.0. The first-order valence-electron chi connectivity index (χ1n) is 7.75. The van der Waals surface area contributed by atoms with Crippen molar-refractivity contribution in [3.8, 4) is 0 Å². The summed E-state index contributed by atoms with van der Waals surface area (Å²) in [6, 6.07) is 4.54. The molecule has 0 saturated heterocycles. The highest BCUT2D eigenvalue weighted by atomic mass is 19.2. The van der Waals surface area contributed by atoms with Crippen LogP contribution in [0.4, 0.5) is 8.78 Å². The van der Waals surface area contributed by atoms with Crippen LogP contribution in [0.1, 0.15) is 70.9 Å². The van der Waals surface area contributed by atoms with E-state index in [1.54, 1.807) is 6.07 Å². The number of hydrogen-bond donors (Lipinski definition) is 1. The molecule has 2 unspecified atom stereocenters. The van der Waals surface area contributed by atoms with Crippen LogP contribution >= 0.6 is 0 Å². The van der Waals surface area contributed by atoms with Crippen molar-refractivity contribution in [2.75, 3.05) is 0 Å². The standard InChI is InChI=1S/C17H27F2N/c1-4-5-6-7-8-9-13(2)20-14(3)15-10-11-16(18)17(19)12-15/h10-14,20H,4-9H2,1-3H3. The van der Waals surface area contributed by atoms with E-state index >= 15 is 0 Å². The van der Waals surface area contributed by atoms with Gasteiger partial charge in [-0.1, -0.05) is 45.1 Å². The summed E-state index contributed by atoms with van der Waals surface area (Å²) < 4.78 is 26.1. The first kappa shape index (κ1) is 17.1. The predicted octanol–water partition coefficient (Wildman–Crippen LogP) is 5.36. The summed E-state index contributed by atoms with van der Waals surface area (Å²) in [5.41, 5.74) is 0.793. The van der Waals surface area contributed by atoms with Gasteiger partial charge in [0, 0.05) is 12.1 Å². The zero-order chi connectivity index (χ0) is 15.0. The normalized spacial score (nSPS) is 14.2. The quantitative estimate of drug-likeness (QED) is 0.601. The van der Waals surface area contributed by atoms with Gasteiger partial charge in [-0.3, -0.25) is 0 Å². The van der Waals surface area contributed by atoms with Crippen molar-refractivity contribution < 1.29 is 8.78 Å². The Morgan fingerprint density at radius 3 is 2.35 bits per heavy atom. The zero-order valence-electron chi connectivity index (χ0n) is 12.9. The first-order valence-corrected chi connectivity index (χ1v) is 7.75. The molecule has 0 aliphatic carbocycles. The van der Waals surface area contributed by atoms with Crippen LogP contribution in [-0.2, 0) is 0 Å². The minimum absolute atomic E-state index is 0.0377. The highest BCUT2D eigenvalue weighted by molar-refractivity contribution is 5.20. The zero-order valence-corrected chi connectivity index (χ0v) is 12.9. The SMILES string of the molecule is CCCCCCCC(C)NC(C)c1ccc(F)c(F)c1. The summed E-state index contributed by atoms with van der Waals surface area (Å²) in [6.45, 7) is 6.35. The molecule has 1 rings (SSSR count). The second-order valence-corrected chi connectivity index (χ2v) is 5.67. The Balaban J connectivity index is 2.33. The Labute approximate surface area is 121 Å². The van der Waals surface area contributed by atoms with Gasteiger partial charge >= 0.3 is 0 Å². The summed E-state index contributed by atoms with van der Waals surface area (Å²) in [5.74, 6) is -1.56. The fourth-order valence-corrected chi connectivity index (χ4v) is 2.44. The maximum absolute atomic E-state index is 13.2. The molecule has 1 nitrogen and oxygen atoms in total. The van der Waals surface area contributed by atoms with Crippen molar-refractivity contribution in [3.63, 3.8) is 0 Å². The Morgan fingerprint density at radius 2 is 1.70 bits per heavy atom. The Morgan fingerprint density at radius 1 is 1.00 bits per heavy atom. The second-order valence-electron chi connectivity index (χ2n) is 5.67. The molecule has 0 radical (unpaired) electrons. The van der Waals surface area contributed by atoms with E-state index in [9.17, 15) is 8.78 Å². The van der Waals surface area contributed by atoms with Crippen molar-refractivity contribution >= 4 is 0 Å². The van der Waals surface area contributed by atoms with E-state index in [1.807, 2.05) is 6.92 Å². The average Bonchev–Trinajstić information content (AvgIpc) is 2.41. The highest BCUT2D eigenvalue weighted by Crippen LogP contribution is 2.17. The van der Waals surface area contributed by atoms with Gasteiger partial charge in [0.2, 0.25) is 0 Å². The van der Waals surface area contributed by atoms with Gasteiger partial charge in [-0.2, -0.15) is 0 Å². The molecule has 0 aliphatic rings. The van der Waals surface area contributed by atoms with Crippen LogP contribution in [0.15, 0.2) is 18.2 Å². The molecule has 0 aliphatic heterocycles. The molecular formula is C17H27F2N. The minimum atomic E-state index is -0.787. The van der Waals surface area contributed by atoms with E-state index < -0.39 is 11.6 Å². The number of halogens is 2. The summed E-state index contributed by atoms with van der Waals surface area (Å²) in [6.07, 6.45) is 7.51. The molecule has 1 aromatic rings. The fraction of sp³-hybridized carbons (Fsp3) is 0.647. The second kappa shape index (κ2) is 9.06. The van der Waals surface area contributed by atoms with Gasteiger partial charge in [-0.05, 0) is 38.0 Å². The molecule has 0 fully saturated rings.